The Kier molecular flexibility index (Phi) is 7.31. The molecule has 0 amide bonds. The Morgan fingerprint density at radius 2 is 2.17 bits per heavy atom. The second kappa shape index (κ2) is 9.47. The molecule has 2 heterocycles. The molecule has 1 aliphatic heterocycles. The number of hydrogen-bond acceptors (Lipinski definition) is 4. The van der Waals surface area contributed by atoms with E-state index in [4.69, 9.17) is 4.74 Å². The first-order valence-corrected chi connectivity index (χ1v) is 8.78. The average molecular weight is 333 g/mol. The third-order valence-corrected chi connectivity index (χ3v) is 4.40. The summed E-state index contributed by atoms with van der Waals surface area (Å²) >= 11 is 0. The highest BCUT2D eigenvalue weighted by Gasteiger charge is 2.16. The summed E-state index contributed by atoms with van der Waals surface area (Å²) in [6.45, 7) is 7.95. The van der Waals surface area contributed by atoms with Gasteiger partial charge in [0.25, 0.3) is 0 Å². The number of aromatic nitrogens is 1. The van der Waals surface area contributed by atoms with E-state index in [1.54, 1.807) is 14.2 Å². The van der Waals surface area contributed by atoms with Gasteiger partial charge in [-0.25, -0.2) is 4.98 Å². The van der Waals surface area contributed by atoms with Crippen molar-refractivity contribution in [3.8, 4) is 0 Å². The quantitative estimate of drug-likeness (QED) is 0.616. The van der Waals surface area contributed by atoms with E-state index < -0.39 is 0 Å². The molecule has 0 saturated carbocycles. The van der Waals surface area contributed by atoms with Crippen molar-refractivity contribution in [2.45, 2.75) is 39.3 Å². The maximum Gasteiger partial charge on any atom is 0.191 e. The van der Waals surface area contributed by atoms with E-state index in [0.717, 1.165) is 36.3 Å². The number of nitrogens with one attached hydrogen (secondary N) is 2. The lowest BCUT2D eigenvalue weighted by molar-refractivity contribution is 0.179. The van der Waals surface area contributed by atoms with E-state index in [9.17, 15) is 0 Å². The topological polar surface area (TPSA) is 61.8 Å². The van der Waals surface area contributed by atoms with Crippen molar-refractivity contribution in [3.63, 3.8) is 0 Å². The first-order chi connectivity index (χ1) is 11.6. The molecule has 1 aromatic rings. The van der Waals surface area contributed by atoms with Gasteiger partial charge in [0.2, 0.25) is 0 Å². The van der Waals surface area contributed by atoms with E-state index in [0.29, 0.717) is 13.2 Å². The maximum absolute atomic E-state index is 5.13. The van der Waals surface area contributed by atoms with Gasteiger partial charge in [-0.2, -0.15) is 0 Å². The van der Waals surface area contributed by atoms with Crippen LogP contribution in [0.4, 0.5) is 5.82 Å². The minimum atomic E-state index is 0.211. The highest BCUT2D eigenvalue weighted by molar-refractivity contribution is 5.79. The second-order valence-electron chi connectivity index (χ2n) is 6.62. The van der Waals surface area contributed by atoms with Crippen LogP contribution in [-0.2, 0) is 11.3 Å². The van der Waals surface area contributed by atoms with Crippen molar-refractivity contribution >= 4 is 11.8 Å². The Bertz CT molecular complexity index is 509. The molecule has 1 fully saturated rings. The molecule has 0 bridgehead atoms. The van der Waals surface area contributed by atoms with Crippen molar-refractivity contribution in [3.05, 3.63) is 23.9 Å². The van der Waals surface area contributed by atoms with Gasteiger partial charge in [-0.3, -0.25) is 4.99 Å². The summed E-state index contributed by atoms with van der Waals surface area (Å²) in [4.78, 5) is 11.2. The smallest absolute Gasteiger partial charge is 0.191 e. The van der Waals surface area contributed by atoms with E-state index >= 15 is 0 Å². The summed E-state index contributed by atoms with van der Waals surface area (Å²) in [7, 11) is 3.47. The number of pyridine rings is 1. The Morgan fingerprint density at radius 3 is 2.75 bits per heavy atom. The molecule has 24 heavy (non-hydrogen) atoms. The minimum Gasteiger partial charge on any atom is -0.383 e. The molecular formula is C18H31N5O. The van der Waals surface area contributed by atoms with Gasteiger partial charge in [-0.15, -0.1) is 0 Å². The largest absolute Gasteiger partial charge is 0.383 e. The van der Waals surface area contributed by atoms with Crippen molar-refractivity contribution in [1.29, 1.82) is 0 Å². The summed E-state index contributed by atoms with van der Waals surface area (Å²) in [6.07, 6.45) is 4.46. The summed E-state index contributed by atoms with van der Waals surface area (Å²) < 4.78 is 5.13. The number of nitrogens with zero attached hydrogens (tertiary/aromatic N) is 3. The van der Waals surface area contributed by atoms with Gasteiger partial charge in [-0.1, -0.05) is 13.0 Å². The molecule has 1 unspecified atom stereocenters. The van der Waals surface area contributed by atoms with E-state index in [1.807, 2.05) is 6.20 Å². The van der Waals surface area contributed by atoms with Gasteiger partial charge in [0.15, 0.2) is 5.96 Å². The Morgan fingerprint density at radius 1 is 1.42 bits per heavy atom. The zero-order valence-corrected chi connectivity index (χ0v) is 15.4. The molecule has 1 aliphatic rings. The Balaban J connectivity index is 1.83. The number of aliphatic imine (C=N–C) groups is 1. The number of guanidine groups is 1. The minimum absolute atomic E-state index is 0.211. The number of hydrogen-bond donors (Lipinski definition) is 2. The molecule has 0 aliphatic carbocycles. The fraction of sp³-hybridized carbons (Fsp3) is 0.667. The van der Waals surface area contributed by atoms with Crippen LogP contribution in [0.2, 0.25) is 0 Å². The van der Waals surface area contributed by atoms with Crippen LogP contribution in [0.3, 0.4) is 0 Å². The Labute approximate surface area is 145 Å². The predicted octanol–water partition coefficient (Wildman–Crippen LogP) is 2.02. The van der Waals surface area contributed by atoms with Crippen LogP contribution in [0.1, 0.15) is 32.3 Å². The van der Waals surface area contributed by atoms with Crippen LogP contribution in [0, 0.1) is 5.92 Å². The van der Waals surface area contributed by atoms with Crippen LogP contribution in [0.25, 0.3) is 0 Å². The maximum atomic E-state index is 5.13. The van der Waals surface area contributed by atoms with E-state index in [-0.39, 0.29) is 6.04 Å². The van der Waals surface area contributed by atoms with Gasteiger partial charge in [0, 0.05) is 46.0 Å². The lowest BCUT2D eigenvalue weighted by Gasteiger charge is -2.31. The lowest BCUT2D eigenvalue weighted by Crippen LogP contribution is -2.43. The van der Waals surface area contributed by atoms with Crippen LogP contribution < -0.4 is 15.5 Å². The first-order valence-electron chi connectivity index (χ1n) is 8.78. The molecule has 1 saturated heterocycles. The molecule has 2 N–H and O–H groups in total. The standard InChI is InChI=1S/C18H31N5O/c1-14-7-9-23(10-8-14)17-6-5-16(11-20-17)12-21-18(19-3)22-15(2)13-24-4/h5-6,11,14-15H,7-10,12-13H2,1-4H3,(H2,19,21,22). The van der Waals surface area contributed by atoms with Crippen molar-refractivity contribution < 1.29 is 4.74 Å². The van der Waals surface area contributed by atoms with Gasteiger partial charge >= 0.3 is 0 Å². The molecule has 134 valence electrons. The number of methoxy groups -OCH3 is 1. The van der Waals surface area contributed by atoms with Gasteiger partial charge in [0.1, 0.15) is 5.82 Å². The summed E-state index contributed by atoms with van der Waals surface area (Å²) in [5.41, 5.74) is 1.14. The van der Waals surface area contributed by atoms with Crippen LogP contribution in [0.5, 0.6) is 0 Å². The van der Waals surface area contributed by atoms with Crippen molar-refractivity contribution in [1.82, 2.24) is 15.6 Å². The van der Waals surface area contributed by atoms with Crippen LogP contribution in [-0.4, -0.2) is 50.8 Å². The average Bonchev–Trinajstić information content (AvgIpc) is 2.60. The normalized spacial score (nSPS) is 17.7. The van der Waals surface area contributed by atoms with Crippen LogP contribution in [0.15, 0.2) is 23.3 Å². The van der Waals surface area contributed by atoms with Crippen LogP contribution >= 0.6 is 0 Å². The molecule has 0 aromatic carbocycles. The number of ether oxygens (including phenoxy) is 1. The highest BCUT2D eigenvalue weighted by atomic mass is 16.5. The molecule has 6 heteroatoms. The second-order valence-corrected chi connectivity index (χ2v) is 6.62. The zero-order chi connectivity index (χ0) is 17.4. The molecular weight excluding hydrogens is 302 g/mol. The SMILES string of the molecule is CN=C(NCc1ccc(N2CCC(C)CC2)nc1)NC(C)COC. The number of rotatable bonds is 6. The van der Waals surface area contributed by atoms with Crippen molar-refractivity contribution in [2.75, 3.05) is 38.8 Å². The molecule has 0 spiro atoms. The summed E-state index contributed by atoms with van der Waals surface area (Å²) in [6, 6.07) is 4.47. The lowest BCUT2D eigenvalue weighted by atomic mass is 9.99. The fourth-order valence-electron chi connectivity index (χ4n) is 2.85. The molecule has 1 aromatic heterocycles. The third kappa shape index (κ3) is 5.67. The van der Waals surface area contributed by atoms with E-state index in [1.165, 1.54) is 12.8 Å². The van der Waals surface area contributed by atoms with Gasteiger partial charge in [0.05, 0.1) is 6.61 Å². The number of anilines is 1. The predicted molar refractivity (Wildman–Crippen MR) is 99.5 cm³/mol. The molecule has 6 nitrogen and oxygen atoms in total. The zero-order valence-electron chi connectivity index (χ0n) is 15.4. The van der Waals surface area contributed by atoms with Gasteiger partial charge in [-0.05, 0) is 37.3 Å². The summed E-state index contributed by atoms with van der Waals surface area (Å²) in [5, 5.41) is 6.60. The molecule has 1 atom stereocenters. The fourth-order valence-corrected chi connectivity index (χ4v) is 2.85. The van der Waals surface area contributed by atoms with Crippen molar-refractivity contribution in [2.24, 2.45) is 10.9 Å². The first kappa shape index (κ1) is 18.5. The third-order valence-electron chi connectivity index (χ3n) is 4.40. The molecule has 0 radical (unpaired) electrons. The van der Waals surface area contributed by atoms with E-state index in [2.05, 4.69) is 51.5 Å². The van der Waals surface area contributed by atoms with Gasteiger partial charge < -0.3 is 20.3 Å². The summed E-state index contributed by atoms with van der Waals surface area (Å²) in [5.74, 6) is 2.69. The Hall–Kier alpha value is -1.82. The monoisotopic (exact) mass is 333 g/mol. The highest BCUT2D eigenvalue weighted by Crippen LogP contribution is 2.21. The molecule has 2 rings (SSSR count). The number of piperidine rings is 1.